The van der Waals surface area contributed by atoms with Crippen LogP contribution in [0.25, 0.3) is 0 Å². The van der Waals surface area contributed by atoms with E-state index in [0.29, 0.717) is 90.0 Å². The molecule has 6 amide bonds. The van der Waals surface area contributed by atoms with Gasteiger partial charge < -0.3 is 49.7 Å². The highest BCUT2D eigenvalue weighted by Gasteiger charge is 2.34. The second-order valence-electron chi connectivity index (χ2n) is 26.4. The van der Waals surface area contributed by atoms with E-state index in [1.54, 1.807) is 77.1 Å². The van der Waals surface area contributed by atoms with Crippen LogP contribution in [0.5, 0.6) is 0 Å². The fraction of sp³-hybridized carbons (Fsp3) is 0.742. The normalized spacial score (nSPS) is 14.3. The summed E-state index contributed by atoms with van der Waals surface area (Å²) in [6, 6.07) is -1.31. The van der Waals surface area contributed by atoms with E-state index in [9.17, 15) is 52.7 Å². The maximum Gasteiger partial charge on any atom is 0.253 e. The third-order valence-corrected chi connectivity index (χ3v) is 15.5. The SMILES string of the molecule is CC(C)[C@H](CC(=O)CCOCCOCCOCCn1cc(CNC(=O)CC[C@H](CC(=O)CCCCCN2C(=O)C=CC2=O)C(=O)NCc2cn(CCOCCOCCOCCC(=O)C[C@H](C(=O)N[C@@H](C)C(=O)C(C)(C)C)C(C)C)nn2)nn1)C(=O)N[C@@H](C)C(=O)C(C)(C)C. The van der Waals surface area contributed by atoms with E-state index in [1.807, 2.05) is 27.7 Å². The molecular formula is C66H107N11O17. The number of nitrogens with zero attached hydrogens (tertiary/aromatic N) is 7. The van der Waals surface area contributed by atoms with Crippen LogP contribution in [-0.2, 0) is 107 Å². The lowest BCUT2D eigenvalue weighted by Gasteiger charge is -2.26. The van der Waals surface area contributed by atoms with E-state index in [2.05, 4.69) is 41.9 Å². The van der Waals surface area contributed by atoms with Crippen molar-refractivity contribution in [2.75, 3.05) is 85.8 Å². The molecule has 0 saturated carbocycles. The number of amides is 6. The Hall–Kier alpha value is -6.85. The number of hydrogen-bond acceptors (Lipinski definition) is 21. The predicted molar refractivity (Wildman–Crippen MR) is 345 cm³/mol. The molecule has 0 bridgehead atoms. The fourth-order valence-electron chi connectivity index (χ4n) is 9.89. The maximum atomic E-state index is 13.6. The van der Waals surface area contributed by atoms with Gasteiger partial charge in [-0.1, -0.05) is 86.1 Å². The Morgan fingerprint density at radius 2 is 0.851 bits per heavy atom. The highest BCUT2D eigenvalue weighted by molar-refractivity contribution is 6.12. The molecule has 94 heavy (non-hydrogen) atoms. The number of hydrogen-bond donors (Lipinski definition) is 4. The van der Waals surface area contributed by atoms with E-state index in [4.69, 9.17) is 28.4 Å². The second-order valence-corrected chi connectivity index (χ2v) is 26.4. The van der Waals surface area contributed by atoms with Crippen LogP contribution >= 0.6 is 0 Å². The number of imide groups is 1. The van der Waals surface area contributed by atoms with Crippen LogP contribution in [0.4, 0.5) is 0 Å². The lowest BCUT2D eigenvalue weighted by atomic mass is 9.85. The van der Waals surface area contributed by atoms with Gasteiger partial charge in [0.15, 0.2) is 11.6 Å². The number of nitrogens with one attached hydrogen (secondary N) is 4. The van der Waals surface area contributed by atoms with Crippen LogP contribution in [0.1, 0.15) is 165 Å². The molecule has 5 atom stereocenters. The zero-order chi connectivity index (χ0) is 69.8. The first-order valence-electron chi connectivity index (χ1n) is 33.0. The summed E-state index contributed by atoms with van der Waals surface area (Å²) < 4.78 is 36.8. The molecule has 28 heteroatoms. The summed E-state index contributed by atoms with van der Waals surface area (Å²) in [6.45, 7) is 26.0. The Bertz CT molecular complexity index is 2750. The highest BCUT2D eigenvalue weighted by atomic mass is 16.5. The molecule has 2 aromatic heterocycles. The zero-order valence-electron chi connectivity index (χ0n) is 57.7. The van der Waals surface area contributed by atoms with E-state index in [0.717, 1.165) is 4.90 Å². The van der Waals surface area contributed by atoms with Gasteiger partial charge in [-0.3, -0.25) is 57.6 Å². The van der Waals surface area contributed by atoms with Crippen molar-refractivity contribution in [1.82, 2.24) is 56.2 Å². The second kappa shape index (κ2) is 43.3. The summed E-state index contributed by atoms with van der Waals surface area (Å²) in [5.74, 6) is -4.78. The van der Waals surface area contributed by atoms with Gasteiger partial charge in [0, 0.05) is 92.2 Å². The summed E-state index contributed by atoms with van der Waals surface area (Å²) in [5.41, 5.74) is -0.237. The summed E-state index contributed by atoms with van der Waals surface area (Å²) in [7, 11) is 0. The lowest BCUT2D eigenvalue weighted by molar-refractivity contribution is -0.137. The van der Waals surface area contributed by atoms with Crippen molar-refractivity contribution >= 4 is 64.4 Å². The summed E-state index contributed by atoms with van der Waals surface area (Å²) >= 11 is 0. The van der Waals surface area contributed by atoms with Gasteiger partial charge in [0.05, 0.1) is 130 Å². The average Bonchev–Trinajstić information content (AvgIpc) is 1.11. The van der Waals surface area contributed by atoms with Gasteiger partial charge in [0.2, 0.25) is 23.6 Å². The Morgan fingerprint density at radius 1 is 0.457 bits per heavy atom. The van der Waals surface area contributed by atoms with Gasteiger partial charge in [0.25, 0.3) is 11.8 Å². The molecule has 4 N–H and O–H groups in total. The summed E-state index contributed by atoms with van der Waals surface area (Å²) in [6.07, 6.45) is 7.91. The number of ketones is 5. The average molecular weight is 1330 g/mol. The molecule has 1 aliphatic rings. The number of unbranched alkanes of at least 4 members (excludes halogenated alkanes) is 2. The Kier molecular flexibility index (Phi) is 37.5. The maximum absolute atomic E-state index is 13.6. The molecule has 528 valence electrons. The van der Waals surface area contributed by atoms with Crippen LogP contribution in [0.3, 0.4) is 0 Å². The Morgan fingerprint density at radius 3 is 1.27 bits per heavy atom. The van der Waals surface area contributed by atoms with Crippen molar-refractivity contribution in [3.63, 3.8) is 0 Å². The molecule has 0 aliphatic carbocycles. The van der Waals surface area contributed by atoms with E-state index in [-0.39, 0.29) is 174 Å². The first-order valence-corrected chi connectivity index (χ1v) is 33.0. The zero-order valence-corrected chi connectivity index (χ0v) is 57.7. The van der Waals surface area contributed by atoms with Crippen molar-refractivity contribution in [2.45, 2.75) is 192 Å². The molecule has 3 rings (SSSR count). The first-order chi connectivity index (χ1) is 44.5. The third kappa shape index (κ3) is 33.0. The molecular weight excluding hydrogens is 1220 g/mol. The van der Waals surface area contributed by atoms with Crippen molar-refractivity contribution < 1.29 is 81.2 Å². The molecule has 0 radical (unpaired) electrons. The Labute approximate surface area is 553 Å². The van der Waals surface area contributed by atoms with Gasteiger partial charge >= 0.3 is 0 Å². The molecule has 0 unspecified atom stereocenters. The van der Waals surface area contributed by atoms with Gasteiger partial charge in [-0.2, -0.15) is 0 Å². The van der Waals surface area contributed by atoms with Gasteiger partial charge in [-0.15, -0.1) is 10.2 Å². The van der Waals surface area contributed by atoms with Gasteiger partial charge in [0.1, 0.15) is 28.7 Å². The monoisotopic (exact) mass is 1330 g/mol. The molecule has 0 fully saturated rings. The number of Topliss-reactive ketones (excluding diaryl/α,β-unsaturated/α-hetero) is 5. The largest absolute Gasteiger partial charge is 0.379 e. The minimum Gasteiger partial charge on any atom is -0.379 e. The first kappa shape index (κ1) is 81.4. The number of carbonyl (C=O) groups is 11. The summed E-state index contributed by atoms with van der Waals surface area (Å²) in [4.78, 5) is 141. The third-order valence-electron chi connectivity index (χ3n) is 15.5. The van der Waals surface area contributed by atoms with Gasteiger partial charge in [-0.25, -0.2) is 9.36 Å². The number of aromatic nitrogens is 6. The fourth-order valence-corrected chi connectivity index (χ4v) is 9.89. The smallest absolute Gasteiger partial charge is 0.253 e. The molecule has 0 spiro atoms. The molecule has 3 heterocycles. The summed E-state index contributed by atoms with van der Waals surface area (Å²) in [5, 5.41) is 27.7. The Balaban J connectivity index is 1.32. The van der Waals surface area contributed by atoms with Crippen molar-refractivity contribution in [2.24, 2.45) is 40.4 Å². The predicted octanol–water partition coefficient (Wildman–Crippen LogP) is 4.23. The van der Waals surface area contributed by atoms with Crippen molar-refractivity contribution in [3.05, 3.63) is 35.9 Å². The van der Waals surface area contributed by atoms with Gasteiger partial charge in [-0.05, 0) is 44.9 Å². The van der Waals surface area contributed by atoms with E-state index >= 15 is 0 Å². The van der Waals surface area contributed by atoms with E-state index in [1.165, 1.54) is 12.2 Å². The van der Waals surface area contributed by atoms with Crippen molar-refractivity contribution in [1.29, 1.82) is 0 Å². The highest BCUT2D eigenvalue weighted by Crippen LogP contribution is 2.23. The number of rotatable bonds is 52. The molecule has 28 nitrogen and oxygen atoms in total. The standard InChI is InChI=1S/C66H107N11O17/c1-45(2)55(63(87)69-47(5)60(84)65(7,8)9)39-53(79)21-26-89-30-34-93-36-32-91-28-24-75-43-50(71-73-75)41-67-57(81)18-17-49(38-52(78)16-14-13-15-23-77-58(82)19-20-59(77)83)62(86)68-42-51-44-76(74-72-51)25-29-92-33-37-94-35-31-90-27-22-54(80)40-56(46(3)4)64(88)70-48(6)61(85)66(10,11)12/h19-20,43-49,55-56H,13-18,21-42H2,1-12H3,(H,67,81)(H,68,86)(H,69,87)(H,70,88)/t47-,48-,49+,55-,56-/m0/s1. The molecule has 0 aromatic carbocycles. The lowest BCUT2D eigenvalue weighted by Crippen LogP contribution is -2.47. The van der Waals surface area contributed by atoms with Crippen LogP contribution in [-0.4, -0.2) is 197 Å². The van der Waals surface area contributed by atoms with Crippen molar-refractivity contribution in [3.8, 4) is 0 Å². The quantitative estimate of drug-likeness (QED) is 0.0532. The van der Waals surface area contributed by atoms with Crippen LogP contribution in [0, 0.1) is 40.4 Å². The van der Waals surface area contributed by atoms with E-state index < -0.39 is 46.6 Å². The topological polar surface area (TPSA) is 356 Å². The molecule has 2 aromatic rings. The number of ether oxygens (including phenoxy) is 6. The minimum absolute atomic E-state index is 0.0191. The molecule has 1 aliphatic heterocycles. The number of carbonyl (C=O) groups excluding carboxylic acids is 11. The van der Waals surface area contributed by atoms with Crippen LogP contribution < -0.4 is 21.3 Å². The van der Waals surface area contributed by atoms with Crippen LogP contribution in [0.15, 0.2) is 24.5 Å². The minimum atomic E-state index is -0.829. The molecule has 0 saturated heterocycles. The van der Waals surface area contributed by atoms with Crippen LogP contribution in [0.2, 0.25) is 0 Å².